The van der Waals surface area contributed by atoms with Crippen molar-refractivity contribution in [3.8, 4) is 11.5 Å². The molecule has 2 aromatic rings. The Morgan fingerprint density at radius 3 is 2.81 bits per heavy atom. The number of benzene rings is 1. The van der Waals surface area contributed by atoms with E-state index < -0.39 is 16.4 Å². The van der Waals surface area contributed by atoms with E-state index in [9.17, 15) is 15.2 Å². The molecule has 0 radical (unpaired) electrons. The number of aryl methyl sites for hydroxylation is 1. The first-order valence-electron chi connectivity index (χ1n) is 6.04. The monoisotopic (exact) mass is 287 g/mol. The Morgan fingerprint density at radius 1 is 1.43 bits per heavy atom. The Bertz CT molecular complexity index is 713. The first-order chi connectivity index (χ1) is 10.0. The van der Waals surface area contributed by atoms with E-state index in [1.165, 1.54) is 25.5 Å². The highest BCUT2D eigenvalue weighted by atomic mass is 16.6. The first kappa shape index (κ1) is 14.4. The minimum absolute atomic E-state index is 0.0165. The van der Waals surface area contributed by atoms with Crippen LogP contribution in [-0.2, 0) is 0 Å². The number of aromatic hydroxyl groups is 1. The molecule has 0 spiro atoms. The van der Waals surface area contributed by atoms with Gasteiger partial charge in [-0.1, -0.05) is 6.07 Å². The summed E-state index contributed by atoms with van der Waals surface area (Å²) in [6.07, 6.45) is 1.43. The Labute approximate surface area is 120 Å². The molecule has 0 amide bonds. The molecule has 108 valence electrons. The van der Waals surface area contributed by atoms with Crippen molar-refractivity contribution < 1.29 is 14.8 Å². The maximum atomic E-state index is 10.9. The van der Waals surface area contributed by atoms with E-state index in [2.05, 4.69) is 9.98 Å². The van der Waals surface area contributed by atoms with Crippen molar-refractivity contribution in [1.82, 2.24) is 4.98 Å². The molecule has 0 unspecified atom stereocenters. The van der Waals surface area contributed by atoms with Crippen molar-refractivity contribution in [2.75, 3.05) is 7.11 Å². The number of hydrogen-bond donors (Lipinski definition) is 1. The van der Waals surface area contributed by atoms with Crippen LogP contribution in [0.4, 0.5) is 11.5 Å². The third-order valence-corrected chi connectivity index (χ3v) is 2.71. The molecular weight excluding hydrogens is 274 g/mol. The highest BCUT2D eigenvalue weighted by Gasteiger charge is 2.19. The molecule has 1 aromatic heterocycles. The number of nitro groups is 1. The number of phenols is 1. The Hall–Kier alpha value is -2.96. The van der Waals surface area contributed by atoms with Crippen molar-refractivity contribution in [3.05, 3.63) is 51.7 Å². The molecule has 1 aromatic carbocycles. The number of rotatable bonds is 4. The van der Waals surface area contributed by atoms with Gasteiger partial charge in [0.2, 0.25) is 5.75 Å². The third-order valence-electron chi connectivity index (χ3n) is 2.71. The van der Waals surface area contributed by atoms with E-state index in [4.69, 9.17) is 4.74 Å². The van der Waals surface area contributed by atoms with Gasteiger partial charge in [-0.05, 0) is 25.1 Å². The molecule has 0 aliphatic rings. The van der Waals surface area contributed by atoms with Crippen LogP contribution in [0, 0.1) is 17.0 Å². The molecule has 0 aliphatic carbocycles. The van der Waals surface area contributed by atoms with Crippen LogP contribution in [0.2, 0.25) is 0 Å². The van der Waals surface area contributed by atoms with Gasteiger partial charge in [-0.15, -0.1) is 0 Å². The summed E-state index contributed by atoms with van der Waals surface area (Å²) in [4.78, 5) is 18.6. The van der Waals surface area contributed by atoms with Crippen LogP contribution in [0.5, 0.6) is 11.5 Å². The van der Waals surface area contributed by atoms with E-state index in [1.54, 1.807) is 6.07 Å². The van der Waals surface area contributed by atoms with Crippen LogP contribution in [0.25, 0.3) is 0 Å². The summed E-state index contributed by atoms with van der Waals surface area (Å²) in [6.45, 7) is 1.84. The highest BCUT2D eigenvalue weighted by Crippen LogP contribution is 2.36. The molecule has 21 heavy (non-hydrogen) atoms. The lowest BCUT2D eigenvalue weighted by Crippen LogP contribution is -1.94. The number of aromatic nitrogens is 1. The van der Waals surface area contributed by atoms with Crippen LogP contribution >= 0.6 is 0 Å². The third kappa shape index (κ3) is 3.33. The van der Waals surface area contributed by atoms with Crippen LogP contribution < -0.4 is 4.74 Å². The average molecular weight is 287 g/mol. The summed E-state index contributed by atoms with van der Waals surface area (Å²) in [6, 6.07) is 8.05. The number of methoxy groups -OCH3 is 1. The van der Waals surface area contributed by atoms with Gasteiger partial charge in [0.05, 0.1) is 12.0 Å². The molecule has 1 heterocycles. The standard InChI is InChI=1S/C14H13N3O4/c1-9-4-3-5-13(16-9)15-8-10-6-11(17(19)20)14(18)12(7-10)21-2/h3-8,18H,1-2H3. The van der Waals surface area contributed by atoms with Gasteiger partial charge in [0, 0.05) is 23.5 Å². The summed E-state index contributed by atoms with van der Waals surface area (Å²) in [5.41, 5.74) is 0.812. The van der Waals surface area contributed by atoms with Gasteiger partial charge < -0.3 is 9.84 Å². The Kier molecular flexibility index (Phi) is 4.13. The molecule has 0 atom stereocenters. The van der Waals surface area contributed by atoms with E-state index >= 15 is 0 Å². The van der Waals surface area contributed by atoms with Crippen molar-refractivity contribution in [3.63, 3.8) is 0 Å². The van der Waals surface area contributed by atoms with Gasteiger partial charge in [0.25, 0.3) is 0 Å². The molecule has 7 nitrogen and oxygen atoms in total. The summed E-state index contributed by atoms with van der Waals surface area (Å²) in [7, 11) is 1.32. The summed E-state index contributed by atoms with van der Waals surface area (Å²) in [5.74, 6) is 0.000812. The van der Waals surface area contributed by atoms with E-state index in [-0.39, 0.29) is 5.75 Å². The molecule has 7 heteroatoms. The largest absolute Gasteiger partial charge is 0.500 e. The van der Waals surface area contributed by atoms with Crippen molar-refractivity contribution in [1.29, 1.82) is 0 Å². The molecule has 0 aliphatic heterocycles. The number of aliphatic imine (C=N–C) groups is 1. The van der Waals surface area contributed by atoms with Crippen molar-refractivity contribution in [2.45, 2.75) is 6.92 Å². The number of nitro benzene ring substituents is 1. The lowest BCUT2D eigenvalue weighted by Gasteiger charge is -2.05. The predicted octanol–water partition coefficient (Wildman–Crippen LogP) is 2.76. The molecule has 0 fully saturated rings. The van der Waals surface area contributed by atoms with Crippen LogP contribution in [-0.4, -0.2) is 28.3 Å². The number of nitrogens with zero attached hydrogens (tertiary/aromatic N) is 3. The minimum Gasteiger partial charge on any atom is -0.500 e. The lowest BCUT2D eigenvalue weighted by molar-refractivity contribution is -0.386. The number of phenolic OH excluding ortho intramolecular Hbond substituents is 1. The van der Waals surface area contributed by atoms with E-state index in [0.29, 0.717) is 11.4 Å². The van der Waals surface area contributed by atoms with Gasteiger partial charge in [-0.2, -0.15) is 0 Å². The number of pyridine rings is 1. The maximum Gasteiger partial charge on any atom is 0.315 e. The minimum atomic E-state index is -0.680. The molecule has 0 saturated carbocycles. The fraction of sp³-hybridized carbons (Fsp3) is 0.143. The Balaban J connectivity index is 2.40. The quantitative estimate of drug-likeness (QED) is 0.529. The molecule has 0 saturated heterocycles. The van der Waals surface area contributed by atoms with E-state index in [0.717, 1.165) is 5.69 Å². The fourth-order valence-electron chi connectivity index (χ4n) is 1.72. The zero-order chi connectivity index (χ0) is 15.4. The zero-order valence-corrected chi connectivity index (χ0v) is 11.5. The molecule has 0 bridgehead atoms. The molecule has 1 N–H and O–H groups in total. The predicted molar refractivity (Wildman–Crippen MR) is 77.5 cm³/mol. The SMILES string of the molecule is COc1cc(C=Nc2cccc(C)n2)cc([N+](=O)[O-])c1O. The normalized spacial score (nSPS) is 10.8. The van der Waals surface area contributed by atoms with Gasteiger partial charge in [-0.25, -0.2) is 9.98 Å². The second-order valence-electron chi connectivity index (χ2n) is 4.24. The summed E-state index contributed by atoms with van der Waals surface area (Å²) >= 11 is 0. The van der Waals surface area contributed by atoms with Crippen LogP contribution in [0.15, 0.2) is 35.3 Å². The number of ether oxygens (including phenoxy) is 1. The molecular formula is C14H13N3O4. The van der Waals surface area contributed by atoms with Crippen molar-refractivity contribution in [2.24, 2.45) is 4.99 Å². The Morgan fingerprint density at radius 2 is 2.19 bits per heavy atom. The average Bonchev–Trinajstić information content (AvgIpc) is 2.46. The topological polar surface area (TPSA) is 97.9 Å². The van der Waals surface area contributed by atoms with Gasteiger partial charge in [0.1, 0.15) is 0 Å². The number of hydrogen-bond acceptors (Lipinski definition) is 6. The lowest BCUT2D eigenvalue weighted by atomic mass is 10.2. The van der Waals surface area contributed by atoms with Crippen molar-refractivity contribution >= 4 is 17.7 Å². The highest BCUT2D eigenvalue weighted by molar-refractivity contribution is 5.84. The first-order valence-corrected chi connectivity index (χ1v) is 6.04. The van der Waals surface area contributed by atoms with E-state index in [1.807, 2.05) is 19.1 Å². The second-order valence-corrected chi connectivity index (χ2v) is 4.24. The van der Waals surface area contributed by atoms with Gasteiger partial charge in [-0.3, -0.25) is 10.1 Å². The zero-order valence-electron chi connectivity index (χ0n) is 11.5. The fourth-order valence-corrected chi connectivity index (χ4v) is 1.72. The van der Waals surface area contributed by atoms with Crippen LogP contribution in [0.3, 0.4) is 0 Å². The maximum absolute atomic E-state index is 10.9. The summed E-state index contributed by atoms with van der Waals surface area (Å²) in [5, 5.41) is 20.6. The van der Waals surface area contributed by atoms with Gasteiger partial charge in [0.15, 0.2) is 11.6 Å². The second kappa shape index (κ2) is 6.00. The molecule has 2 rings (SSSR count). The summed E-state index contributed by atoms with van der Waals surface area (Å²) < 4.78 is 4.92. The van der Waals surface area contributed by atoms with Crippen LogP contribution in [0.1, 0.15) is 11.3 Å². The smallest absolute Gasteiger partial charge is 0.315 e. The van der Waals surface area contributed by atoms with Gasteiger partial charge >= 0.3 is 5.69 Å².